The van der Waals surface area contributed by atoms with Crippen LogP contribution >= 0.6 is 11.3 Å². The van der Waals surface area contributed by atoms with Crippen LogP contribution in [0.3, 0.4) is 0 Å². The summed E-state index contributed by atoms with van der Waals surface area (Å²) in [6.07, 6.45) is -1.61. The lowest BCUT2D eigenvalue weighted by molar-refractivity contribution is -0.159. The monoisotopic (exact) mass is 400 g/mol. The SMILES string of the molecule is CCOCC(=O)c1cnn(C(C)c2ccc(-c3noc(C(F)(F)F)n3)s2)c1. The summed E-state index contributed by atoms with van der Waals surface area (Å²) in [5, 5.41) is 7.57. The summed E-state index contributed by atoms with van der Waals surface area (Å²) in [5.41, 5.74) is 0.431. The molecule has 1 unspecified atom stereocenters. The number of carbonyl (C=O) groups excluding carboxylic acids is 1. The van der Waals surface area contributed by atoms with E-state index in [1.807, 2.05) is 6.92 Å². The van der Waals surface area contributed by atoms with Crippen LogP contribution in [-0.4, -0.2) is 38.9 Å². The molecule has 0 saturated heterocycles. The van der Waals surface area contributed by atoms with Gasteiger partial charge in [-0.15, -0.1) is 11.3 Å². The van der Waals surface area contributed by atoms with E-state index in [0.29, 0.717) is 17.0 Å². The number of carbonyl (C=O) groups is 1. The number of ether oxygens (including phenoxy) is 1. The first kappa shape index (κ1) is 19.2. The summed E-state index contributed by atoms with van der Waals surface area (Å²) in [6, 6.07) is 3.13. The van der Waals surface area contributed by atoms with Crippen molar-refractivity contribution in [1.29, 1.82) is 0 Å². The Morgan fingerprint density at radius 1 is 1.41 bits per heavy atom. The Morgan fingerprint density at radius 3 is 2.85 bits per heavy atom. The molecule has 0 spiro atoms. The van der Waals surface area contributed by atoms with E-state index in [0.717, 1.165) is 4.88 Å². The fourth-order valence-electron chi connectivity index (χ4n) is 2.24. The molecule has 0 aliphatic heterocycles. The van der Waals surface area contributed by atoms with Crippen LogP contribution in [0, 0.1) is 0 Å². The van der Waals surface area contributed by atoms with Crippen LogP contribution in [0.4, 0.5) is 13.2 Å². The van der Waals surface area contributed by atoms with Crippen LogP contribution < -0.4 is 0 Å². The van der Waals surface area contributed by atoms with Gasteiger partial charge in [0.05, 0.1) is 22.7 Å². The highest BCUT2D eigenvalue weighted by Crippen LogP contribution is 2.34. The van der Waals surface area contributed by atoms with Gasteiger partial charge >= 0.3 is 12.1 Å². The van der Waals surface area contributed by atoms with Crippen LogP contribution in [0.15, 0.2) is 29.0 Å². The zero-order chi connectivity index (χ0) is 19.6. The van der Waals surface area contributed by atoms with Crippen molar-refractivity contribution < 1.29 is 27.2 Å². The van der Waals surface area contributed by atoms with Gasteiger partial charge in [-0.05, 0) is 26.0 Å². The molecule has 0 bridgehead atoms. The quantitative estimate of drug-likeness (QED) is 0.561. The minimum atomic E-state index is -4.68. The summed E-state index contributed by atoms with van der Waals surface area (Å²) >= 11 is 1.22. The van der Waals surface area contributed by atoms with Crippen LogP contribution in [0.2, 0.25) is 0 Å². The molecule has 0 N–H and O–H groups in total. The summed E-state index contributed by atoms with van der Waals surface area (Å²) in [5.74, 6) is -1.68. The second-order valence-corrected chi connectivity index (χ2v) is 6.68. The predicted molar refractivity (Wildman–Crippen MR) is 89.5 cm³/mol. The molecule has 0 saturated carbocycles. The molecule has 0 aromatic carbocycles. The third-order valence-corrected chi connectivity index (χ3v) is 4.94. The first-order chi connectivity index (χ1) is 12.8. The van der Waals surface area contributed by atoms with E-state index in [1.165, 1.54) is 17.5 Å². The lowest BCUT2D eigenvalue weighted by Crippen LogP contribution is -2.09. The fourth-order valence-corrected chi connectivity index (χ4v) is 3.22. The lowest BCUT2D eigenvalue weighted by atomic mass is 10.2. The highest BCUT2D eigenvalue weighted by Gasteiger charge is 2.38. The van der Waals surface area contributed by atoms with Gasteiger partial charge in [0.25, 0.3) is 0 Å². The number of rotatable bonds is 7. The third kappa shape index (κ3) is 4.25. The molecule has 0 aliphatic rings. The molecule has 0 fully saturated rings. The van der Waals surface area contributed by atoms with Crippen molar-refractivity contribution in [3.05, 3.63) is 40.9 Å². The third-order valence-electron chi connectivity index (χ3n) is 3.69. The Kier molecular flexibility index (Phi) is 5.42. The largest absolute Gasteiger partial charge is 0.471 e. The smallest absolute Gasteiger partial charge is 0.374 e. The molecule has 11 heteroatoms. The molecule has 144 valence electrons. The number of nitrogens with zero attached hydrogens (tertiary/aromatic N) is 4. The van der Waals surface area contributed by atoms with E-state index in [2.05, 4.69) is 19.8 Å². The Balaban J connectivity index is 1.75. The second kappa shape index (κ2) is 7.61. The van der Waals surface area contributed by atoms with Crippen molar-refractivity contribution in [2.24, 2.45) is 0 Å². The molecule has 27 heavy (non-hydrogen) atoms. The second-order valence-electron chi connectivity index (χ2n) is 5.57. The molecule has 7 nitrogen and oxygen atoms in total. The summed E-state index contributed by atoms with van der Waals surface area (Å²) in [4.78, 5) is 16.6. The normalized spacial score (nSPS) is 13.1. The summed E-state index contributed by atoms with van der Waals surface area (Å²) < 4.78 is 48.7. The van der Waals surface area contributed by atoms with Gasteiger partial charge in [-0.1, -0.05) is 5.16 Å². The molecule has 0 radical (unpaired) electrons. The van der Waals surface area contributed by atoms with E-state index in [9.17, 15) is 18.0 Å². The molecule has 3 aromatic rings. The molecular formula is C16H15F3N4O3S. The van der Waals surface area contributed by atoms with Crippen LogP contribution in [0.25, 0.3) is 10.7 Å². The maximum Gasteiger partial charge on any atom is 0.471 e. The van der Waals surface area contributed by atoms with Crippen molar-refractivity contribution in [2.75, 3.05) is 13.2 Å². The zero-order valence-corrected chi connectivity index (χ0v) is 15.2. The van der Waals surface area contributed by atoms with Gasteiger partial charge in [0.2, 0.25) is 5.82 Å². The molecule has 3 rings (SSSR count). The van der Waals surface area contributed by atoms with Gasteiger partial charge in [0.15, 0.2) is 5.78 Å². The van der Waals surface area contributed by atoms with E-state index < -0.39 is 12.1 Å². The number of hydrogen-bond acceptors (Lipinski definition) is 7. The van der Waals surface area contributed by atoms with Crippen molar-refractivity contribution in [3.63, 3.8) is 0 Å². The molecular weight excluding hydrogens is 385 g/mol. The van der Waals surface area contributed by atoms with Crippen molar-refractivity contribution in [2.45, 2.75) is 26.1 Å². The summed E-state index contributed by atoms with van der Waals surface area (Å²) in [6.45, 7) is 4.09. The van der Waals surface area contributed by atoms with Gasteiger partial charge in [0.1, 0.15) is 6.61 Å². The number of thiophene rings is 1. The van der Waals surface area contributed by atoms with E-state index in [-0.39, 0.29) is 24.3 Å². The highest BCUT2D eigenvalue weighted by atomic mass is 32.1. The zero-order valence-electron chi connectivity index (χ0n) is 14.4. The Labute approximate surface area is 155 Å². The maximum atomic E-state index is 12.6. The number of Topliss-reactive ketones (excluding diaryl/α,β-unsaturated/α-hetero) is 1. The van der Waals surface area contributed by atoms with Crippen LogP contribution in [-0.2, 0) is 10.9 Å². The average molecular weight is 400 g/mol. The summed E-state index contributed by atoms with van der Waals surface area (Å²) in [7, 11) is 0. The molecule has 3 aromatic heterocycles. The first-order valence-corrected chi connectivity index (χ1v) is 8.77. The fraction of sp³-hybridized carbons (Fsp3) is 0.375. The van der Waals surface area contributed by atoms with Gasteiger partial charge in [-0.2, -0.15) is 23.3 Å². The number of hydrogen-bond donors (Lipinski definition) is 0. The molecule has 3 heterocycles. The lowest BCUT2D eigenvalue weighted by Gasteiger charge is -2.09. The highest BCUT2D eigenvalue weighted by molar-refractivity contribution is 7.15. The molecule has 1 atom stereocenters. The standard InChI is InChI=1S/C16H15F3N4O3S/c1-3-25-8-11(24)10-6-20-23(7-10)9(2)12-4-5-13(27-12)14-21-15(26-22-14)16(17,18)19/h4-7,9H,3,8H2,1-2H3. The van der Waals surface area contributed by atoms with Gasteiger partial charge in [0, 0.05) is 17.7 Å². The van der Waals surface area contributed by atoms with Crippen LogP contribution in [0.1, 0.15) is 41.0 Å². The topological polar surface area (TPSA) is 83.0 Å². The predicted octanol–water partition coefficient (Wildman–Crippen LogP) is 3.84. The number of alkyl halides is 3. The van der Waals surface area contributed by atoms with Gasteiger partial charge in [-0.3, -0.25) is 9.48 Å². The number of halogens is 3. The van der Waals surface area contributed by atoms with Gasteiger partial charge < -0.3 is 9.26 Å². The Bertz CT molecular complexity index is 931. The van der Waals surface area contributed by atoms with Crippen molar-refractivity contribution in [3.8, 4) is 10.7 Å². The number of aromatic nitrogens is 4. The molecule has 0 amide bonds. The molecule has 0 aliphatic carbocycles. The van der Waals surface area contributed by atoms with Crippen molar-refractivity contribution >= 4 is 17.1 Å². The van der Waals surface area contributed by atoms with E-state index in [1.54, 1.807) is 29.9 Å². The minimum absolute atomic E-state index is 0.0148. The van der Waals surface area contributed by atoms with Crippen LogP contribution in [0.5, 0.6) is 0 Å². The Morgan fingerprint density at radius 2 is 2.19 bits per heavy atom. The van der Waals surface area contributed by atoms with Crippen molar-refractivity contribution in [1.82, 2.24) is 19.9 Å². The average Bonchev–Trinajstić information content (AvgIpc) is 3.37. The maximum absolute atomic E-state index is 12.6. The van der Waals surface area contributed by atoms with Gasteiger partial charge in [-0.25, -0.2) is 0 Å². The number of ketones is 1. The first-order valence-electron chi connectivity index (χ1n) is 7.95. The minimum Gasteiger partial charge on any atom is -0.374 e. The van der Waals surface area contributed by atoms with E-state index >= 15 is 0 Å². The Hall–Kier alpha value is -2.53. The van der Waals surface area contributed by atoms with E-state index in [4.69, 9.17) is 4.74 Å².